The monoisotopic (exact) mass is 312 g/mol. The molecular weight excluding hydrogens is 302 g/mol. The predicted octanol–water partition coefficient (Wildman–Crippen LogP) is 1.45. The van der Waals surface area contributed by atoms with Gasteiger partial charge in [-0.2, -0.15) is 26.3 Å². The van der Waals surface area contributed by atoms with Crippen molar-refractivity contribution < 1.29 is 50.8 Å². The summed E-state index contributed by atoms with van der Waals surface area (Å²) < 4.78 is 84.7. The van der Waals surface area contributed by atoms with E-state index in [1.165, 1.54) is 0 Å². The molecule has 0 aliphatic carbocycles. The third-order valence-corrected chi connectivity index (χ3v) is 2.62. The van der Waals surface area contributed by atoms with Crippen LogP contribution in [0.4, 0.5) is 26.3 Å². The van der Waals surface area contributed by atoms with Gasteiger partial charge in [-0.25, -0.2) is 4.79 Å². The first-order chi connectivity index (χ1) is 8.63. The Morgan fingerprint density at radius 3 is 1.75 bits per heavy atom. The zero-order valence-corrected chi connectivity index (χ0v) is 10.0. The summed E-state index contributed by atoms with van der Waals surface area (Å²) >= 11 is 0. The standard InChI is InChI=1S/C9H10F6O5/c1-6(2)19-3(5(16)17)4(20-6)7(18,8(10,11)12)9(13,14)15/h3-4,18H,1-2H3,(H,16,17)/t3-,4-/m1/s1. The fourth-order valence-corrected chi connectivity index (χ4v) is 1.73. The molecule has 2 atom stereocenters. The number of alkyl halides is 6. The molecule has 1 aliphatic rings. The lowest BCUT2D eigenvalue weighted by atomic mass is 9.91. The molecule has 1 saturated heterocycles. The summed E-state index contributed by atoms with van der Waals surface area (Å²) in [5.41, 5.74) is -5.36. The average Bonchev–Trinajstić information content (AvgIpc) is 2.50. The van der Waals surface area contributed by atoms with Crippen molar-refractivity contribution in [3.63, 3.8) is 0 Å². The lowest BCUT2D eigenvalue weighted by Crippen LogP contribution is -2.67. The highest BCUT2D eigenvalue weighted by Gasteiger charge is 2.78. The quantitative estimate of drug-likeness (QED) is 0.755. The van der Waals surface area contributed by atoms with E-state index >= 15 is 0 Å². The van der Waals surface area contributed by atoms with Crippen LogP contribution in [0.25, 0.3) is 0 Å². The number of ether oxygens (including phenoxy) is 2. The summed E-state index contributed by atoms with van der Waals surface area (Å²) in [6, 6.07) is 0. The summed E-state index contributed by atoms with van der Waals surface area (Å²) in [6.07, 6.45) is -18.2. The molecule has 1 aliphatic heterocycles. The van der Waals surface area contributed by atoms with Gasteiger partial charge >= 0.3 is 18.3 Å². The smallest absolute Gasteiger partial charge is 0.429 e. The largest absolute Gasteiger partial charge is 0.479 e. The number of hydrogen-bond acceptors (Lipinski definition) is 4. The lowest BCUT2D eigenvalue weighted by molar-refractivity contribution is -0.395. The first-order valence-electron chi connectivity index (χ1n) is 5.08. The molecule has 0 bridgehead atoms. The van der Waals surface area contributed by atoms with E-state index in [-0.39, 0.29) is 0 Å². The Hall–Kier alpha value is -1.07. The second-order valence-electron chi connectivity index (χ2n) is 4.58. The summed E-state index contributed by atoms with van der Waals surface area (Å²) in [6.45, 7) is 1.85. The average molecular weight is 312 g/mol. The van der Waals surface area contributed by atoms with Crippen LogP contribution in [-0.2, 0) is 14.3 Å². The van der Waals surface area contributed by atoms with E-state index in [4.69, 9.17) is 10.2 Å². The maximum atomic E-state index is 12.6. The van der Waals surface area contributed by atoms with E-state index < -0.39 is 41.9 Å². The number of aliphatic carboxylic acids is 1. The van der Waals surface area contributed by atoms with Gasteiger partial charge in [-0.05, 0) is 13.8 Å². The minimum Gasteiger partial charge on any atom is -0.479 e. The van der Waals surface area contributed by atoms with Gasteiger partial charge in [0, 0.05) is 0 Å². The Balaban J connectivity index is 3.38. The molecular formula is C9H10F6O5. The van der Waals surface area contributed by atoms with E-state index in [1.807, 2.05) is 0 Å². The number of carboxylic acid groups (broad SMARTS) is 1. The molecule has 5 nitrogen and oxygen atoms in total. The van der Waals surface area contributed by atoms with Gasteiger partial charge < -0.3 is 19.7 Å². The molecule has 0 aromatic rings. The number of aliphatic hydroxyl groups is 1. The van der Waals surface area contributed by atoms with Crippen LogP contribution >= 0.6 is 0 Å². The van der Waals surface area contributed by atoms with Crippen molar-refractivity contribution >= 4 is 5.97 Å². The van der Waals surface area contributed by atoms with Gasteiger partial charge in [0.25, 0.3) is 5.60 Å². The van der Waals surface area contributed by atoms with Crippen molar-refractivity contribution in [3.8, 4) is 0 Å². The van der Waals surface area contributed by atoms with Crippen molar-refractivity contribution in [3.05, 3.63) is 0 Å². The summed E-state index contributed by atoms with van der Waals surface area (Å²) in [4.78, 5) is 10.7. The van der Waals surface area contributed by atoms with Gasteiger partial charge in [-0.1, -0.05) is 0 Å². The van der Waals surface area contributed by atoms with Gasteiger partial charge in [-0.15, -0.1) is 0 Å². The van der Waals surface area contributed by atoms with Crippen molar-refractivity contribution in [2.75, 3.05) is 0 Å². The van der Waals surface area contributed by atoms with Crippen LogP contribution in [0.5, 0.6) is 0 Å². The van der Waals surface area contributed by atoms with Gasteiger partial charge in [-0.3, -0.25) is 0 Å². The Morgan fingerprint density at radius 2 is 1.45 bits per heavy atom. The molecule has 1 rings (SSSR count). The van der Waals surface area contributed by atoms with E-state index in [2.05, 4.69) is 9.47 Å². The Bertz CT molecular complexity index is 387. The van der Waals surface area contributed by atoms with E-state index in [9.17, 15) is 31.1 Å². The molecule has 0 aromatic carbocycles. The Kier molecular flexibility index (Phi) is 3.79. The van der Waals surface area contributed by atoms with Crippen LogP contribution in [0.15, 0.2) is 0 Å². The molecule has 0 radical (unpaired) electrons. The zero-order valence-electron chi connectivity index (χ0n) is 10.0. The minimum atomic E-state index is -6.20. The molecule has 1 heterocycles. The first kappa shape index (κ1) is 17.0. The third kappa shape index (κ3) is 2.56. The molecule has 0 amide bonds. The van der Waals surface area contributed by atoms with Gasteiger partial charge in [0.05, 0.1) is 0 Å². The van der Waals surface area contributed by atoms with E-state index in [1.54, 1.807) is 0 Å². The second-order valence-corrected chi connectivity index (χ2v) is 4.58. The molecule has 11 heteroatoms. The number of carboxylic acids is 1. The van der Waals surface area contributed by atoms with Gasteiger partial charge in [0.15, 0.2) is 11.9 Å². The normalized spacial score (nSPS) is 27.6. The van der Waals surface area contributed by atoms with Crippen LogP contribution in [-0.4, -0.2) is 52.1 Å². The SMILES string of the molecule is CC1(C)O[C@@H](C(O)(C(F)(F)F)C(F)(F)F)[C@H](C(=O)O)O1. The van der Waals surface area contributed by atoms with E-state index in [0.717, 1.165) is 13.8 Å². The second kappa shape index (κ2) is 4.46. The maximum absolute atomic E-state index is 12.6. The minimum absolute atomic E-state index is 0.927. The molecule has 20 heavy (non-hydrogen) atoms. The molecule has 118 valence electrons. The third-order valence-electron chi connectivity index (χ3n) is 2.62. The van der Waals surface area contributed by atoms with Crippen molar-refractivity contribution in [2.24, 2.45) is 0 Å². The summed E-state index contributed by atoms with van der Waals surface area (Å²) in [5, 5.41) is 17.8. The fourth-order valence-electron chi connectivity index (χ4n) is 1.73. The highest BCUT2D eigenvalue weighted by molar-refractivity contribution is 5.74. The van der Waals surface area contributed by atoms with Crippen LogP contribution in [0.1, 0.15) is 13.8 Å². The number of carbonyl (C=O) groups is 1. The molecule has 1 fully saturated rings. The highest BCUT2D eigenvalue weighted by atomic mass is 19.4. The Morgan fingerprint density at radius 1 is 1.05 bits per heavy atom. The summed E-state index contributed by atoms with van der Waals surface area (Å²) in [5.74, 6) is -4.15. The molecule has 0 spiro atoms. The van der Waals surface area contributed by atoms with Crippen molar-refractivity contribution in [1.29, 1.82) is 0 Å². The highest BCUT2D eigenvalue weighted by Crippen LogP contribution is 2.50. The van der Waals surface area contributed by atoms with Gasteiger partial charge in [0.2, 0.25) is 0 Å². The molecule has 2 N–H and O–H groups in total. The number of halogens is 6. The van der Waals surface area contributed by atoms with Crippen LogP contribution in [0, 0.1) is 0 Å². The molecule has 0 aromatic heterocycles. The maximum Gasteiger partial charge on any atom is 0.429 e. The number of rotatable bonds is 2. The summed E-state index contributed by atoms with van der Waals surface area (Å²) in [7, 11) is 0. The fraction of sp³-hybridized carbons (Fsp3) is 0.889. The first-order valence-corrected chi connectivity index (χ1v) is 5.08. The molecule has 0 saturated carbocycles. The Labute approximate surface area is 108 Å². The van der Waals surface area contributed by atoms with E-state index in [0.29, 0.717) is 0 Å². The van der Waals surface area contributed by atoms with Crippen LogP contribution in [0.3, 0.4) is 0 Å². The van der Waals surface area contributed by atoms with Crippen LogP contribution < -0.4 is 0 Å². The van der Waals surface area contributed by atoms with Gasteiger partial charge in [0.1, 0.15) is 6.10 Å². The van der Waals surface area contributed by atoms with Crippen molar-refractivity contribution in [1.82, 2.24) is 0 Å². The molecule has 0 unspecified atom stereocenters. The number of hydrogen-bond donors (Lipinski definition) is 2. The topological polar surface area (TPSA) is 76.0 Å². The van der Waals surface area contributed by atoms with Crippen LogP contribution in [0.2, 0.25) is 0 Å². The predicted molar refractivity (Wildman–Crippen MR) is 48.5 cm³/mol. The zero-order chi connectivity index (χ0) is 16.1. The van der Waals surface area contributed by atoms with Crippen molar-refractivity contribution in [2.45, 2.75) is 49.8 Å². The lowest BCUT2D eigenvalue weighted by Gasteiger charge is -2.37.